The van der Waals surface area contributed by atoms with Gasteiger partial charge < -0.3 is 4.98 Å². The SMILES string of the molecule is O=c1[nH]c(-c2cc[nH]n2)nc(C(F)(F)F)c1Cc1ccc(Cl)c(Cl)c1. The van der Waals surface area contributed by atoms with Crippen molar-refractivity contribution in [3.63, 3.8) is 0 Å². The number of alkyl halides is 3. The van der Waals surface area contributed by atoms with Crippen molar-refractivity contribution in [3.8, 4) is 11.5 Å². The van der Waals surface area contributed by atoms with Crippen molar-refractivity contribution in [3.05, 3.63) is 67.7 Å². The first-order valence-electron chi connectivity index (χ1n) is 6.90. The summed E-state index contributed by atoms with van der Waals surface area (Å²) >= 11 is 11.7. The van der Waals surface area contributed by atoms with Crippen LogP contribution < -0.4 is 5.56 Å². The van der Waals surface area contributed by atoms with E-state index in [1.54, 1.807) is 0 Å². The van der Waals surface area contributed by atoms with E-state index in [9.17, 15) is 18.0 Å². The fourth-order valence-electron chi connectivity index (χ4n) is 2.26. The molecule has 0 fully saturated rings. The molecule has 2 heterocycles. The predicted molar refractivity (Wildman–Crippen MR) is 86.7 cm³/mol. The molecule has 10 heteroatoms. The Bertz CT molecular complexity index is 968. The van der Waals surface area contributed by atoms with E-state index in [2.05, 4.69) is 20.2 Å². The van der Waals surface area contributed by atoms with Gasteiger partial charge >= 0.3 is 6.18 Å². The lowest BCUT2D eigenvalue weighted by atomic mass is 10.0. The molecule has 0 amide bonds. The minimum atomic E-state index is -4.80. The zero-order chi connectivity index (χ0) is 18.2. The highest BCUT2D eigenvalue weighted by Crippen LogP contribution is 2.32. The smallest absolute Gasteiger partial charge is 0.305 e. The summed E-state index contributed by atoms with van der Waals surface area (Å²) < 4.78 is 40.2. The molecule has 2 aromatic heterocycles. The van der Waals surface area contributed by atoms with Crippen LogP contribution in [0.5, 0.6) is 0 Å². The maximum absolute atomic E-state index is 13.4. The Morgan fingerprint density at radius 3 is 2.48 bits per heavy atom. The number of benzene rings is 1. The highest BCUT2D eigenvalue weighted by molar-refractivity contribution is 6.42. The minimum absolute atomic E-state index is 0.101. The average Bonchev–Trinajstić information content (AvgIpc) is 3.06. The molecule has 3 rings (SSSR count). The molecule has 0 saturated heterocycles. The van der Waals surface area contributed by atoms with Crippen molar-refractivity contribution in [1.29, 1.82) is 0 Å². The second-order valence-electron chi connectivity index (χ2n) is 5.12. The third kappa shape index (κ3) is 3.69. The molecule has 25 heavy (non-hydrogen) atoms. The molecule has 0 spiro atoms. The lowest BCUT2D eigenvalue weighted by Crippen LogP contribution is -2.24. The molecule has 0 aliphatic rings. The molecule has 3 aromatic rings. The second kappa shape index (κ2) is 6.53. The largest absolute Gasteiger partial charge is 0.433 e. The zero-order valence-electron chi connectivity index (χ0n) is 12.3. The topological polar surface area (TPSA) is 74.4 Å². The van der Waals surface area contributed by atoms with Gasteiger partial charge in [-0.1, -0.05) is 29.3 Å². The number of hydrogen-bond donors (Lipinski definition) is 2. The van der Waals surface area contributed by atoms with Crippen LogP contribution in [0.25, 0.3) is 11.5 Å². The fraction of sp³-hybridized carbons (Fsp3) is 0.133. The summed E-state index contributed by atoms with van der Waals surface area (Å²) in [5.74, 6) is -0.267. The second-order valence-corrected chi connectivity index (χ2v) is 5.94. The molecular weight excluding hydrogens is 380 g/mol. The molecule has 0 atom stereocenters. The number of aromatic amines is 2. The molecule has 130 valence electrons. The lowest BCUT2D eigenvalue weighted by Gasteiger charge is -2.12. The molecule has 0 bridgehead atoms. The Morgan fingerprint density at radius 1 is 1.12 bits per heavy atom. The highest BCUT2D eigenvalue weighted by atomic mass is 35.5. The Morgan fingerprint density at radius 2 is 1.88 bits per heavy atom. The molecule has 0 unspecified atom stereocenters. The number of halogens is 5. The molecule has 1 aromatic carbocycles. The van der Waals surface area contributed by atoms with E-state index in [-0.39, 0.29) is 28.0 Å². The number of nitrogens with one attached hydrogen (secondary N) is 2. The first-order chi connectivity index (χ1) is 11.8. The van der Waals surface area contributed by atoms with Gasteiger partial charge in [-0.25, -0.2) is 4.98 Å². The van der Waals surface area contributed by atoms with Gasteiger partial charge in [0, 0.05) is 12.6 Å². The molecule has 2 N–H and O–H groups in total. The number of hydrogen-bond acceptors (Lipinski definition) is 3. The van der Waals surface area contributed by atoms with Gasteiger partial charge in [-0.15, -0.1) is 0 Å². The van der Waals surface area contributed by atoms with Crippen molar-refractivity contribution in [2.45, 2.75) is 12.6 Å². The van der Waals surface area contributed by atoms with Crippen molar-refractivity contribution < 1.29 is 13.2 Å². The summed E-state index contributed by atoms with van der Waals surface area (Å²) in [6.45, 7) is 0. The number of H-pyrrole nitrogens is 2. The van der Waals surface area contributed by atoms with Crippen LogP contribution in [-0.4, -0.2) is 20.2 Å². The summed E-state index contributed by atoms with van der Waals surface area (Å²) in [6, 6.07) is 5.75. The van der Waals surface area contributed by atoms with Crippen molar-refractivity contribution in [2.75, 3.05) is 0 Å². The predicted octanol–water partition coefficient (Wildman–Crippen LogP) is 4.08. The van der Waals surface area contributed by atoms with Gasteiger partial charge in [0.05, 0.1) is 15.6 Å². The van der Waals surface area contributed by atoms with Crippen LogP contribution in [0, 0.1) is 0 Å². The third-order valence-electron chi connectivity index (χ3n) is 3.39. The van der Waals surface area contributed by atoms with Crippen molar-refractivity contribution in [1.82, 2.24) is 20.2 Å². The quantitative estimate of drug-likeness (QED) is 0.709. The van der Waals surface area contributed by atoms with Crippen LogP contribution in [0.15, 0.2) is 35.3 Å². The lowest BCUT2D eigenvalue weighted by molar-refractivity contribution is -0.141. The Labute approximate surface area is 148 Å². The van der Waals surface area contributed by atoms with Gasteiger partial charge in [-0.3, -0.25) is 9.89 Å². The van der Waals surface area contributed by atoms with Gasteiger partial charge in [0.1, 0.15) is 5.69 Å². The first-order valence-corrected chi connectivity index (χ1v) is 7.66. The standard InChI is InChI=1S/C15H9Cl2F3N4O/c16-9-2-1-7(6-10(9)17)5-8-12(15(18,19)20)22-13(23-14(8)25)11-3-4-21-24-11/h1-4,6H,5H2,(H,21,24)(H,22,23,25). The molecule has 0 aliphatic carbocycles. The highest BCUT2D eigenvalue weighted by Gasteiger charge is 2.37. The Kier molecular flexibility index (Phi) is 4.57. The average molecular weight is 389 g/mol. The molecule has 0 saturated carbocycles. The van der Waals surface area contributed by atoms with Crippen LogP contribution in [0.2, 0.25) is 10.0 Å². The monoisotopic (exact) mass is 388 g/mol. The van der Waals surface area contributed by atoms with E-state index in [1.165, 1.54) is 30.5 Å². The van der Waals surface area contributed by atoms with E-state index in [0.717, 1.165) is 0 Å². The van der Waals surface area contributed by atoms with Crippen LogP contribution in [-0.2, 0) is 12.6 Å². The minimum Gasteiger partial charge on any atom is -0.305 e. The summed E-state index contributed by atoms with van der Waals surface area (Å²) in [7, 11) is 0. The van der Waals surface area contributed by atoms with Crippen LogP contribution in [0.4, 0.5) is 13.2 Å². The molecule has 0 radical (unpaired) electrons. The van der Waals surface area contributed by atoms with E-state index < -0.39 is 23.0 Å². The summed E-state index contributed by atoms with van der Waals surface area (Å²) in [5, 5.41) is 6.63. The first kappa shape index (κ1) is 17.5. The number of aromatic nitrogens is 4. The van der Waals surface area contributed by atoms with Gasteiger partial charge in [0.2, 0.25) is 0 Å². The number of nitrogens with zero attached hydrogens (tertiary/aromatic N) is 2. The summed E-state index contributed by atoms with van der Waals surface area (Å²) in [4.78, 5) is 18.2. The fourth-order valence-corrected chi connectivity index (χ4v) is 2.58. The zero-order valence-corrected chi connectivity index (χ0v) is 13.8. The van der Waals surface area contributed by atoms with E-state index >= 15 is 0 Å². The maximum Gasteiger partial charge on any atom is 0.433 e. The summed E-state index contributed by atoms with van der Waals surface area (Å²) in [6.07, 6.45) is -3.69. The van der Waals surface area contributed by atoms with Gasteiger partial charge in [-0.2, -0.15) is 18.3 Å². The Balaban J connectivity index is 2.12. The van der Waals surface area contributed by atoms with Crippen molar-refractivity contribution >= 4 is 23.2 Å². The van der Waals surface area contributed by atoms with Gasteiger partial charge in [0.15, 0.2) is 11.5 Å². The van der Waals surface area contributed by atoms with Crippen LogP contribution in [0.1, 0.15) is 16.8 Å². The Hall–Kier alpha value is -2.32. The molecular formula is C15H9Cl2F3N4O. The number of rotatable bonds is 3. The van der Waals surface area contributed by atoms with Gasteiger partial charge in [-0.05, 0) is 23.8 Å². The molecule has 0 aliphatic heterocycles. The van der Waals surface area contributed by atoms with E-state index in [0.29, 0.717) is 5.56 Å². The van der Waals surface area contributed by atoms with E-state index in [4.69, 9.17) is 23.2 Å². The van der Waals surface area contributed by atoms with Crippen LogP contribution in [0.3, 0.4) is 0 Å². The van der Waals surface area contributed by atoms with E-state index in [1.807, 2.05) is 0 Å². The third-order valence-corrected chi connectivity index (χ3v) is 4.13. The van der Waals surface area contributed by atoms with Gasteiger partial charge in [0.25, 0.3) is 5.56 Å². The van der Waals surface area contributed by atoms with Crippen molar-refractivity contribution in [2.24, 2.45) is 0 Å². The molecule has 5 nitrogen and oxygen atoms in total. The summed E-state index contributed by atoms with van der Waals surface area (Å²) in [5.41, 5.74) is -2.17. The normalized spacial score (nSPS) is 11.7. The maximum atomic E-state index is 13.4. The van der Waals surface area contributed by atoms with Crippen LogP contribution >= 0.6 is 23.2 Å².